The van der Waals surface area contributed by atoms with Gasteiger partial charge in [-0.2, -0.15) is 0 Å². The highest BCUT2D eigenvalue weighted by Crippen LogP contribution is 2.29. The predicted octanol–water partition coefficient (Wildman–Crippen LogP) is 2.80. The van der Waals surface area contributed by atoms with Crippen LogP contribution in [0.25, 0.3) is 0 Å². The van der Waals surface area contributed by atoms with E-state index in [0.29, 0.717) is 24.7 Å². The molecule has 8 heteroatoms. The fraction of sp³-hybridized carbons (Fsp3) is 0.588. The van der Waals surface area contributed by atoms with E-state index in [2.05, 4.69) is 24.1 Å². The second-order valence-corrected chi connectivity index (χ2v) is 6.58. The third-order valence-corrected chi connectivity index (χ3v) is 4.32. The number of nitrogens with zero attached hydrogens (tertiary/aromatic N) is 3. The van der Waals surface area contributed by atoms with E-state index >= 15 is 0 Å². The standard InChI is InChI=1S/C17H26N4O4/c1-13(2)6-7-19-8-10-20(11-9-19)17(22)18-15-5-4-14(21(23)24)12-16(15)25-3/h4-5,12-13H,6-11H2,1-3H3,(H,18,22). The first-order valence-corrected chi connectivity index (χ1v) is 8.51. The molecule has 0 unspecified atom stereocenters. The highest BCUT2D eigenvalue weighted by molar-refractivity contribution is 5.91. The Balaban J connectivity index is 1.91. The van der Waals surface area contributed by atoms with Gasteiger partial charge in [0, 0.05) is 32.2 Å². The summed E-state index contributed by atoms with van der Waals surface area (Å²) in [5, 5.41) is 13.6. The van der Waals surface area contributed by atoms with Crippen LogP contribution in [0.2, 0.25) is 0 Å². The number of hydrogen-bond acceptors (Lipinski definition) is 5. The van der Waals surface area contributed by atoms with Crippen LogP contribution in [0.1, 0.15) is 20.3 Å². The molecule has 1 aliphatic rings. The summed E-state index contributed by atoms with van der Waals surface area (Å²) in [6, 6.07) is 3.94. The molecule has 0 atom stereocenters. The van der Waals surface area contributed by atoms with Gasteiger partial charge < -0.3 is 15.0 Å². The molecule has 0 saturated carbocycles. The first kappa shape index (κ1) is 19.0. The van der Waals surface area contributed by atoms with Crippen molar-refractivity contribution >= 4 is 17.4 Å². The Labute approximate surface area is 147 Å². The van der Waals surface area contributed by atoms with Crippen molar-refractivity contribution in [3.8, 4) is 5.75 Å². The Hall–Kier alpha value is -2.35. The first-order valence-electron chi connectivity index (χ1n) is 8.51. The van der Waals surface area contributed by atoms with Crippen LogP contribution in [0.4, 0.5) is 16.2 Å². The molecule has 0 spiro atoms. The topological polar surface area (TPSA) is 87.9 Å². The number of carbonyl (C=O) groups is 1. The summed E-state index contributed by atoms with van der Waals surface area (Å²) in [4.78, 5) is 26.9. The molecule has 1 heterocycles. The van der Waals surface area contributed by atoms with Gasteiger partial charge in [0.1, 0.15) is 5.75 Å². The van der Waals surface area contributed by atoms with E-state index < -0.39 is 4.92 Å². The number of amides is 2. The summed E-state index contributed by atoms with van der Waals surface area (Å²) in [5.74, 6) is 0.953. The van der Waals surface area contributed by atoms with Gasteiger partial charge in [-0.3, -0.25) is 15.0 Å². The molecule has 1 N–H and O–H groups in total. The summed E-state index contributed by atoms with van der Waals surface area (Å²) >= 11 is 0. The average Bonchev–Trinajstić information content (AvgIpc) is 2.60. The van der Waals surface area contributed by atoms with E-state index in [1.165, 1.54) is 25.3 Å². The van der Waals surface area contributed by atoms with Crippen LogP contribution in [-0.4, -0.2) is 60.6 Å². The van der Waals surface area contributed by atoms with E-state index in [1.807, 2.05) is 0 Å². The fourth-order valence-electron chi connectivity index (χ4n) is 2.71. The molecular formula is C17H26N4O4. The number of nitro benzene ring substituents is 1. The minimum absolute atomic E-state index is 0.0754. The highest BCUT2D eigenvalue weighted by atomic mass is 16.6. The molecule has 0 aliphatic carbocycles. The maximum absolute atomic E-state index is 12.4. The van der Waals surface area contributed by atoms with Crippen molar-refractivity contribution in [2.24, 2.45) is 5.92 Å². The second kappa shape index (κ2) is 8.66. The van der Waals surface area contributed by atoms with Crippen molar-refractivity contribution in [2.45, 2.75) is 20.3 Å². The second-order valence-electron chi connectivity index (χ2n) is 6.58. The molecular weight excluding hydrogens is 324 g/mol. The van der Waals surface area contributed by atoms with E-state index in [4.69, 9.17) is 4.74 Å². The van der Waals surface area contributed by atoms with Crippen LogP contribution in [0.15, 0.2) is 18.2 Å². The molecule has 1 saturated heterocycles. The van der Waals surface area contributed by atoms with E-state index in [0.717, 1.165) is 26.1 Å². The molecule has 138 valence electrons. The quantitative estimate of drug-likeness (QED) is 0.629. The fourth-order valence-corrected chi connectivity index (χ4v) is 2.71. The number of benzene rings is 1. The van der Waals surface area contributed by atoms with Crippen molar-refractivity contribution in [1.82, 2.24) is 9.80 Å². The number of nitro groups is 1. The van der Waals surface area contributed by atoms with Crippen LogP contribution < -0.4 is 10.1 Å². The molecule has 0 aromatic heterocycles. The van der Waals surface area contributed by atoms with Crippen LogP contribution >= 0.6 is 0 Å². The lowest BCUT2D eigenvalue weighted by Crippen LogP contribution is -2.50. The van der Waals surface area contributed by atoms with Gasteiger partial charge in [0.05, 0.1) is 23.8 Å². The Morgan fingerprint density at radius 2 is 2.00 bits per heavy atom. The number of methoxy groups -OCH3 is 1. The predicted molar refractivity (Wildman–Crippen MR) is 96.1 cm³/mol. The Morgan fingerprint density at radius 3 is 2.56 bits per heavy atom. The number of ether oxygens (including phenoxy) is 1. The zero-order valence-electron chi connectivity index (χ0n) is 15.0. The summed E-state index contributed by atoms with van der Waals surface area (Å²) < 4.78 is 5.15. The lowest BCUT2D eigenvalue weighted by Gasteiger charge is -2.35. The lowest BCUT2D eigenvalue weighted by molar-refractivity contribution is -0.384. The zero-order valence-corrected chi connectivity index (χ0v) is 15.0. The molecule has 1 aromatic rings. The Morgan fingerprint density at radius 1 is 1.32 bits per heavy atom. The van der Waals surface area contributed by atoms with Gasteiger partial charge in [-0.1, -0.05) is 13.8 Å². The molecule has 1 aromatic carbocycles. The smallest absolute Gasteiger partial charge is 0.322 e. The van der Waals surface area contributed by atoms with E-state index in [9.17, 15) is 14.9 Å². The average molecular weight is 350 g/mol. The van der Waals surface area contributed by atoms with Crippen molar-refractivity contribution in [1.29, 1.82) is 0 Å². The Kier molecular flexibility index (Phi) is 6.58. The largest absolute Gasteiger partial charge is 0.494 e. The van der Waals surface area contributed by atoms with Gasteiger partial charge in [-0.05, 0) is 24.9 Å². The van der Waals surface area contributed by atoms with Crippen LogP contribution in [0, 0.1) is 16.0 Å². The molecule has 2 amide bonds. The van der Waals surface area contributed by atoms with Gasteiger partial charge in [0.25, 0.3) is 5.69 Å². The van der Waals surface area contributed by atoms with Gasteiger partial charge in [0.15, 0.2) is 0 Å². The third-order valence-electron chi connectivity index (χ3n) is 4.32. The summed E-state index contributed by atoms with van der Waals surface area (Å²) in [5.41, 5.74) is 0.356. The van der Waals surface area contributed by atoms with Crippen molar-refractivity contribution in [3.63, 3.8) is 0 Å². The number of urea groups is 1. The third kappa shape index (κ3) is 5.32. The molecule has 1 aliphatic heterocycles. The molecule has 25 heavy (non-hydrogen) atoms. The number of anilines is 1. The van der Waals surface area contributed by atoms with Crippen LogP contribution in [0.5, 0.6) is 5.75 Å². The normalized spacial score (nSPS) is 15.3. The molecule has 0 bridgehead atoms. The zero-order chi connectivity index (χ0) is 18.4. The number of carbonyl (C=O) groups excluding carboxylic acids is 1. The number of non-ortho nitro benzene ring substituents is 1. The lowest BCUT2D eigenvalue weighted by atomic mass is 10.1. The minimum atomic E-state index is -0.496. The molecule has 0 radical (unpaired) electrons. The van der Waals surface area contributed by atoms with Gasteiger partial charge in [-0.25, -0.2) is 4.79 Å². The number of nitrogens with one attached hydrogen (secondary N) is 1. The maximum Gasteiger partial charge on any atom is 0.322 e. The van der Waals surface area contributed by atoms with Gasteiger partial charge in [-0.15, -0.1) is 0 Å². The summed E-state index contributed by atoms with van der Waals surface area (Å²) in [7, 11) is 1.42. The van der Waals surface area contributed by atoms with Crippen LogP contribution in [-0.2, 0) is 0 Å². The monoisotopic (exact) mass is 350 g/mol. The molecule has 8 nitrogen and oxygen atoms in total. The Bertz CT molecular complexity index is 613. The maximum atomic E-state index is 12.4. The number of hydrogen-bond donors (Lipinski definition) is 1. The van der Waals surface area contributed by atoms with E-state index in [1.54, 1.807) is 4.90 Å². The van der Waals surface area contributed by atoms with Crippen molar-refractivity contribution in [2.75, 3.05) is 45.2 Å². The van der Waals surface area contributed by atoms with Gasteiger partial charge >= 0.3 is 6.03 Å². The minimum Gasteiger partial charge on any atom is -0.494 e. The van der Waals surface area contributed by atoms with Crippen molar-refractivity contribution < 1.29 is 14.5 Å². The number of piperazine rings is 1. The SMILES string of the molecule is COc1cc([N+](=O)[O-])ccc1NC(=O)N1CCN(CCC(C)C)CC1. The molecule has 1 fully saturated rings. The summed E-state index contributed by atoms with van der Waals surface area (Å²) in [6.07, 6.45) is 1.16. The van der Waals surface area contributed by atoms with Gasteiger partial charge in [0.2, 0.25) is 0 Å². The van der Waals surface area contributed by atoms with Crippen LogP contribution in [0.3, 0.4) is 0 Å². The molecule has 2 rings (SSSR count). The van der Waals surface area contributed by atoms with E-state index in [-0.39, 0.29) is 17.5 Å². The highest BCUT2D eigenvalue weighted by Gasteiger charge is 2.22. The summed E-state index contributed by atoms with van der Waals surface area (Å²) in [6.45, 7) is 8.53. The number of rotatable bonds is 6. The van der Waals surface area contributed by atoms with Crippen molar-refractivity contribution in [3.05, 3.63) is 28.3 Å². The first-order chi connectivity index (χ1) is 11.9.